The molecule has 0 bridgehead atoms. The summed E-state index contributed by atoms with van der Waals surface area (Å²) < 4.78 is 12.7. The molecule has 0 radical (unpaired) electrons. The Morgan fingerprint density at radius 2 is 1.88 bits per heavy atom. The van der Waals surface area contributed by atoms with Gasteiger partial charge in [-0.1, -0.05) is 42.4 Å². The molecule has 32 heavy (non-hydrogen) atoms. The van der Waals surface area contributed by atoms with Crippen LogP contribution in [-0.2, 0) is 6.42 Å². The quantitative estimate of drug-likeness (QED) is 0.251. The van der Waals surface area contributed by atoms with Gasteiger partial charge in [0, 0.05) is 6.42 Å². The Kier molecular flexibility index (Phi) is 6.90. The average molecular weight is 451 g/mol. The summed E-state index contributed by atoms with van der Waals surface area (Å²) >= 11 is 1.42. The predicted octanol–water partition coefficient (Wildman–Crippen LogP) is 5.36. The zero-order chi connectivity index (χ0) is 22.5. The molecule has 4 rings (SSSR count). The minimum absolute atomic E-state index is 0.122. The standard InChI is InChI=1S/C24H26N4O3S/c1-4-6-11-21-26-22(31-27-21)16(3)32-24-25-20-10-8-7-9-19(20)23(29)28(24)17-12-14-18(15-13-17)30-5-2/h7-10,12-16H,4-6,11H2,1-3H3. The second-order valence-electron chi connectivity index (χ2n) is 7.39. The molecule has 1 atom stereocenters. The second-order valence-corrected chi connectivity index (χ2v) is 8.70. The van der Waals surface area contributed by atoms with Crippen LogP contribution in [-0.4, -0.2) is 26.3 Å². The van der Waals surface area contributed by atoms with E-state index in [-0.39, 0.29) is 10.8 Å². The van der Waals surface area contributed by atoms with Gasteiger partial charge in [0.1, 0.15) is 5.75 Å². The lowest BCUT2D eigenvalue weighted by atomic mass is 10.2. The van der Waals surface area contributed by atoms with Crippen LogP contribution in [0.2, 0.25) is 0 Å². The highest BCUT2D eigenvalue weighted by Gasteiger charge is 2.21. The minimum atomic E-state index is -0.167. The summed E-state index contributed by atoms with van der Waals surface area (Å²) in [7, 11) is 0. The van der Waals surface area contributed by atoms with Crippen molar-refractivity contribution in [1.82, 2.24) is 19.7 Å². The predicted molar refractivity (Wildman–Crippen MR) is 126 cm³/mol. The molecular weight excluding hydrogens is 424 g/mol. The number of ether oxygens (including phenoxy) is 1. The van der Waals surface area contributed by atoms with E-state index >= 15 is 0 Å². The maximum atomic E-state index is 13.4. The van der Waals surface area contributed by atoms with Crippen molar-refractivity contribution in [1.29, 1.82) is 0 Å². The first kappa shape index (κ1) is 22.1. The van der Waals surface area contributed by atoms with E-state index in [0.29, 0.717) is 34.4 Å². The minimum Gasteiger partial charge on any atom is -0.494 e. The van der Waals surface area contributed by atoms with Crippen molar-refractivity contribution in [2.24, 2.45) is 0 Å². The van der Waals surface area contributed by atoms with Crippen molar-refractivity contribution in [3.63, 3.8) is 0 Å². The van der Waals surface area contributed by atoms with Gasteiger partial charge in [-0.15, -0.1) is 0 Å². The van der Waals surface area contributed by atoms with Gasteiger partial charge in [0.15, 0.2) is 11.0 Å². The lowest BCUT2D eigenvalue weighted by Crippen LogP contribution is -2.22. The molecule has 2 aromatic carbocycles. The maximum absolute atomic E-state index is 13.4. The SMILES string of the molecule is CCCCc1noc(C(C)Sc2nc3ccccc3c(=O)n2-c2ccc(OCC)cc2)n1. The first-order chi connectivity index (χ1) is 15.6. The van der Waals surface area contributed by atoms with Crippen molar-refractivity contribution in [3.05, 3.63) is 70.6 Å². The molecule has 2 aromatic heterocycles. The van der Waals surface area contributed by atoms with Crippen molar-refractivity contribution in [3.8, 4) is 11.4 Å². The molecule has 0 aliphatic heterocycles. The monoisotopic (exact) mass is 450 g/mol. The molecule has 0 saturated heterocycles. The van der Waals surface area contributed by atoms with Gasteiger partial charge < -0.3 is 9.26 Å². The third-order valence-corrected chi connectivity index (χ3v) is 6.06. The summed E-state index contributed by atoms with van der Waals surface area (Å²) in [6.07, 6.45) is 2.88. The van der Waals surface area contributed by atoms with Gasteiger partial charge in [0.2, 0.25) is 5.89 Å². The van der Waals surface area contributed by atoms with Crippen LogP contribution >= 0.6 is 11.8 Å². The number of aryl methyl sites for hydroxylation is 1. The van der Waals surface area contributed by atoms with Crippen LogP contribution in [0.25, 0.3) is 16.6 Å². The van der Waals surface area contributed by atoms with Crippen LogP contribution in [0, 0.1) is 0 Å². The molecule has 0 saturated carbocycles. The summed E-state index contributed by atoms with van der Waals surface area (Å²) in [4.78, 5) is 22.8. The van der Waals surface area contributed by atoms with E-state index in [1.165, 1.54) is 11.8 Å². The average Bonchev–Trinajstić information content (AvgIpc) is 3.28. The van der Waals surface area contributed by atoms with Gasteiger partial charge in [-0.25, -0.2) is 4.98 Å². The number of nitrogens with zero attached hydrogens (tertiary/aromatic N) is 4. The molecule has 0 spiro atoms. The van der Waals surface area contributed by atoms with E-state index in [1.54, 1.807) is 10.6 Å². The molecular formula is C24H26N4O3S. The smallest absolute Gasteiger partial charge is 0.266 e. The summed E-state index contributed by atoms with van der Waals surface area (Å²) in [6.45, 7) is 6.63. The summed E-state index contributed by atoms with van der Waals surface area (Å²) in [5.74, 6) is 2.00. The van der Waals surface area contributed by atoms with Crippen molar-refractivity contribution in [2.75, 3.05) is 6.61 Å². The molecule has 0 aliphatic rings. The van der Waals surface area contributed by atoms with E-state index in [9.17, 15) is 4.79 Å². The molecule has 2 heterocycles. The van der Waals surface area contributed by atoms with Crippen molar-refractivity contribution >= 4 is 22.7 Å². The van der Waals surface area contributed by atoms with E-state index in [0.717, 1.165) is 30.7 Å². The third-order valence-electron chi connectivity index (χ3n) is 5.02. The molecule has 1 unspecified atom stereocenters. The molecule has 166 valence electrons. The van der Waals surface area contributed by atoms with Gasteiger partial charge in [0.25, 0.3) is 5.56 Å². The van der Waals surface area contributed by atoms with E-state index in [4.69, 9.17) is 14.2 Å². The highest BCUT2D eigenvalue weighted by atomic mass is 32.2. The zero-order valence-corrected chi connectivity index (χ0v) is 19.3. The van der Waals surface area contributed by atoms with Gasteiger partial charge >= 0.3 is 0 Å². The molecule has 0 fully saturated rings. The molecule has 0 aliphatic carbocycles. The first-order valence-electron chi connectivity index (χ1n) is 10.8. The van der Waals surface area contributed by atoms with Gasteiger partial charge in [0.05, 0.1) is 28.4 Å². The van der Waals surface area contributed by atoms with Crippen LogP contribution in [0.5, 0.6) is 5.75 Å². The summed E-state index contributed by atoms with van der Waals surface area (Å²) in [5, 5.41) is 5.06. The number of para-hydroxylation sites is 1. The number of hydrogen-bond donors (Lipinski definition) is 0. The fourth-order valence-electron chi connectivity index (χ4n) is 3.35. The van der Waals surface area contributed by atoms with E-state index in [1.807, 2.05) is 56.3 Å². The van der Waals surface area contributed by atoms with E-state index < -0.39 is 0 Å². The Morgan fingerprint density at radius 3 is 2.62 bits per heavy atom. The fraction of sp³-hybridized carbons (Fsp3) is 0.333. The van der Waals surface area contributed by atoms with Gasteiger partial charge in [-0.3, -0.25) is 9.36 Å². The maximum Gasteiger partial charge on any atom is 0.266 e. The van der Waals surface area contributed by atoms with Crippen LogP contribution in [0.4, 0.5) is 0 Å². The Hall–Kier alpha value is -3.13. The highest BCUT2D eigenvalue weighted by Crippen LogP contribution is 2.34. The topological polar surface area (TPSA) is 83.0 Å². The Bertz CT molecular complexity index is 1250. The lowest BCUT2D eigenvalue weighted by molar-refractivity contribution is 0.340. The number of unbranched alkanes of at least 4 members (excludes halogenated alkanes) is 1. The van der Waals surface area contributed by atoms with Crippen LogP contribution in [0.15, 0.2) is 63.0 Å². The molecule has 7 nitrogen and oxygen atoms in total. The van der Waals surface area contributed by atoms with Crippen molar-refractivity contribution < 1.29 is 9.26 Å². The van der Waals surface area contributed by atoms with Gasteiger partial charge in [-0.2, -0.15) is 4.98 Å². The molecule has 4 aromatic rings. The number of rotatable bonds is 9. The van der Waals surface area contributed by atoms with Crippen molar-refractivity contribution in [2.45, 2.75) is 50.4 Å². The summed E-state index contributed by atoms with van der Waals surface area (Å²) in [5.41, 5.74) is 1.26. The normalized spacial score (nSPS) is 12.2. The largest absolute Gasteiger partial charge is 0.494 e. The van der Waals surface area contributed by atoms with Crippen LogP contribution in [0.1, 0.15) is 50.6 Å². The Morgan fingerprint density at radius 1 is 1.09 bits per heavy atom. The number of fused-ring (bicyclic) bond motifs is 1. The lowest BCUT2D eigenvalue weighted by Gasteiger charge is -2.15. The summed E-state index contributed by atoms with van der Waals surface area (Å²) in [6, 6.07) is 14.8. The Labute approximate surface area is 190 Å². The first-order valence-corrected chi connectivity index (χ1v) is 11.7. The number of hydrogen-bond acceptors (Lipinski definition) is 7. The van der Waals surface area contributed by atoms with Crippen LogP contribution < -0.4 is 10.3 Å². The highest BCUT2D eigenvalue weighted by molar-refractivity contribution is 7.99. The molecule has 8 heteroatoms. The van der Waals surface area contributed by atoms with E-state index in [2.05, 4.69) is 17.1 Å². The van der Waals surface area contributed by atoms with Gasteiger partial charge in [-0.05, 0) is 56.7 Å². The third kappa shape index (κ3) is 4.70. The number of aromatic nitrogens is 4. The zero-order valence-electron chi connectivity index (χ0n) is 18.4. The molecule has 0 amide bonds. The van der Waals surface area contributed by atoms with Crippen LogP contribution in [0.3, 0.4) is 0 Å². The number of thioether (sulfide) groups is 1. The Balaban J connectivity index is 1.73. The second kappa shape index (κ2) is 9.99. The fourth-order valence-corrected chi connectivity index (χ4v) is 4.31. The number of benzene rings is 2. The molecule has 0 N–H and O–H groups in total.